The molecule has 1 heterocycles. The van der Waals surface area contributed by atoms with E-state index in [1.54, 1.807) is 0 Å². The lowest BCUT2D eigenvalue weighted by Gasteiger charge is -2.04. The zero-order chi connectivity index (χ0) is 14.8. The predicted octanol–water partition coefficient (Wildman–Crippen LogP) is 4.06. The van der Waals surface area contributed by atoms with Gasteiger partial charge in [-0.3, -0.25) is 4.79 Å². The zero-order valence-electron chi connectivity index (χ0n) is 11.6. The number of hydrogen-bond acceptors (Lipinski definition) is 1. The smallest absolute Gasteiger partial charge is 0.268 e. The zero-order valence-corrected chi connectivity index (χ0v) is 12.4. The number of rotatable bonds is 3. The molecule has 0 saturated carbocycles. The minimum absolute atomic E-state index is 0.108. The van der Waals surface area contributed by atoms with E-state index in [9.17, 15) is 4.79 Å². The van der Waals surface area contributed by atoms with E-state index in [0.29, 0.717) is 17.3 Å². The molecule has 1 aromatic heterocycles. The minimum atomic E-state index is -0.108. The molecule has 0 aliphatic carbocycles. The lowest BCUT2D eigenvalue weighted by atomic mass is 10.1. The highest BCUT2D eigenvalue weighted by Crippen LogP contribution is 2.24. The third kappa shape index (κ3) is 2.78. The van der Waals surface area contributed by atoms with E-state index in [1.165, 1.54) is 0 Å². The van der Waals surface area contributed by atoms with Crippen molar-refractivity contribution >= 4 is 28.4 Å². The summed E-state index contributed by atoms with van der Waals surface area (Å²) in [6, 6.07) is 15.4. The number of benzene rings is 2. The van der Waals surface area contributed by atoms with Crippen LogP contribution in [0.1, 0.15) is 21.6 Å². The summed E-state index contributed by atoms with van der Waals surface area (Å²) in [7, 11) is 0. The quantitative estimate of drug-likeness (QED) is 0.752. The molecule has 21 heavy (non-hydrogen) atoms. The molecule has 1 amide bonds. The molecule has 0 fully saturated rings. The summed E-state index contributed by atoms with van der Waals surface area (Å²) < 4.78 is 0. The van der Waals surface area contributed by atoms with E-state index in [0.717, 1.165) is 22.0 Å². The first-order chi connectivity index (χ1) is 10.1. The lowest BCUT2D eigenvalue weighted by molar-refractivity contribution is 0.0946. The fourth-order valence-electron chi connectivity index (χ4n) is 2.40. The molecule has 3 nitrogen and oxygen atoms in total. The van der Waals surface area contributed by atoms with Gasteiger partial charge in [-0.15, -0.1) is 0 Å². The Morgan fingerprint density at radius 3 is 2.71 bits per heavy atom. The van der Waals surface area contributed by atoms with Crippen molar-refractivity contribution in [1.29, 1.82) is 0 Å². The van der Waals surface area contributed by atoms with Crippen LogP contribution in [0.3, 0.4) is 0 Å². The van der Waals surface area contributed by atoms with Crippen molar-refractivity contribution in [3.05, 3.63) is 70.4 Å². The van der Waals surface area contributed by atoms with Crippen molar-refractivity contribution in [2.75, 3.05) is 0 Å². The molecule has 0 saturated heterocycles. The normalized spacial score (nSPS) is 10.8. The molecule has 0 unspecified atom stereocenters. The van der Waals surface area contributed by atoms with Gasteiger partial charge in [0.2, 0.25) is 0 Å². The highest BCUT2D eigenvalue weighted by atomic mass is 35.5. The summed E-state index contributed by atoms with van der Waals surface area (Å²) in [6.45, 7) is 2.44. The predicted molar refractivity (Wildman–Crippen MR) is 85.7 cm³/mol. The third-order valence-electron chi connectivity index (χ3n) is 3.54. The Kier molecular flexibility index (Phi) is 3.67. The second-order valence-corrected chi connectivity index (χ2v) is 5.42. The van der Waals surface area contributed by atoms with E-state index in [1.807, 2.05) is 55.5 Å². The van der Waals surface area contributed by atoms with E-state index >= 15 is 0 Å². The fourth-order valence-corrected chi connectivity index (χ4v) is 2.58. The van der Waals surface area contributed by atoms with Crippen LogP contribution in [0.25, 0.3) is 10.9 Å². The maximum absolute atomic E-state index is 12.3. The van der Waals surface area contributed by atoms with Gasteiger partial charge >= 0.3 is 0 Å². The van der Waals surface area contributed by atoms with Crippen LogP contribution in [0.15, 0.2) is 48.5 Å². The summed E-state index contributed by atoms with van der Waals surface area (Å²) in [4.78, 5) is 15.5. The summed E-state index contributed by atoms with van der Waals surface area (Å²) in [5, 5.41) is 4.60. The van der Waals surface area contributed by atoms with E-state index in [2.05, 4.69) is 10.3 Å². The van der Waals surface area contributed by atoms with Crippen molar-refractivity contribution in [3.63, 3.8) is 0 Å². The lowest BCUT2D eigenvalue weighted by Crippen LogP contribution is -2.23. The Balaban J connectivity index is 1.83. The van der Waals surface area contributed by atoms with Crippen LogP contribution in [0.5, 0.6) is 0 Å². The second-order valence-electron chi connectivity index (χ2n) is 4.98. The molecule has 0 spiro atoms. The Bertz CT molecular complexity index is 793. The van der Waals surface area contributed by atoms with Crippen molar-refractivity contribution in [3.8, 4) is 0 Å². The molecule has 0 bridgehead atoms. The number of fused-ring (bicyclic) bond motifs is 1. The maximum atomic E-state index is 12.3. The van der Waals surface area contributed by atoms with Crippen molar-refractivity contribution < 1.29 is 4.79 Å². The van der Waals surface area contributed by atoms with Gasteiger partial charge in [-0.25, -0.2) is 0 Å². The van der Waals surface area contributed by atoms with Gasteiger partial charge in [0.1, 0.15) is 5.69 Å². The standard InChI is InChI=1S/C17H15ClN2O/c1-11-14-8-7-13(18)9-15(14)20-16(11)17(21)19-10-12-5-3-2-4-6-12/h2-9,20H,10H2,1H3,(H,19,21). The van der Waals surface area contributed by atoms with Gasteiger partial charge in [-0.1, -0.05) is 48.0 Å². The Morgan fingerprint density at radius 1 is 1.19 bits per heavy atom. The summed E-state index contributed by atoms with van der Waals surface area (Å²) >= 11 is 5.98. The number of aryl methyl sites for hydroxylation is 1. The van der Waals surface area contributed by atoms with Crippen molar-refractivity contribution in [1.82, 2.24) is 10.3 Å². The van der Waals surface area contributed by atoms with Gasteiger partial charge < -0.3 is 10.3 Å². The monoisotopic (exact) mass is 298 g/mol. The van der Waals surface area contributed by atoms with Crippen LogP contribution < -0.4 is 5.32 Å². The average molecular weight is 299 g/mol. The van der Waals surface area contributed by atoms with Crippen LogP contribution in [0.2, 0.25) is 5.02 Å². The van der Waals surface area contributed by atoms with Crippen molar-refractivity contribution in [2.24, 2.45) is 0 Å². The average Bonchev–Trinajstić information content (AvgIpc) is 2.82. The number of aromatic amines is 1. The fraction of sp³-hybridized carbons (Fsp3) is 0.118. The van der Waals surface area contributed by atoms with Gasteiger partial charge in [0.15, 0.2) is 0 Å². The topological polar surface area (TPSA) is 44.9 Å². The Labute approximate surface area is 127 Å². The van der Waals surface area contributed by atoms with Crippen LogP contribution >= 0.6 is 11.6 Å². The number of carbonyl (C=O) groups excluding carboxylic acids is 1. The molecular weight excluding hydrogens is 284 g/mol. The first-order valence-corrected chi connectivity index (χ1v) is 7.13. The number of carbonyl (C=O) groups is 1. The van der Waals surface area contributed by atoms with Gasteiger partial charge in [-0.05, 0) is 30.2 Å². The molecule has 106 valence electrons. The summed E-state index contributed by atoms with van der Waals surface area (Å²) in [5.74, 6) is -0.108. The third-order valence-corrected chi connectivity index (χ3v) is 3.78. The van der Waals surface area contributed by atoms with Gasteiger partial charge in [0.25, 0.3) is 5.91 Å². The minimum Gasteiger partial charge on any atom is -0.350 e. The van der Waals surface area contributed by atoms with Crippen LogP contribution in [-0.4, -0.2) is 10.9 Å². The summed E-state index contributed by atoms with van der Waals surface area (Å²) in [5.41, 5.74) is 3.47. The highest BCUT2D eigenvalue weighted by molar-refractivity contribution is 6.31. The first kappa shape index (κ1) is 13.7. The van der Waals surface area contributed by atoms with E-state index < -0.39 is 0 Å². The molecule has 0 radical (unpaired) electrons. The Morgan fingerprint density at radius 2 is 1.95 bits per heavy atom. The van der Waals surface area contributed by atoms with Gasteiger partial charge in [0.05, 0.1) is 0 Å². The largest absolute Gasteiger partial charge is 0.350 e. The maximum Gasteiger partial charge on any atom is 0.268 e. The number of H-pyrrole nitrogens is 1. The molecule has 2 N–H and O–H groups in total. The van der Waals surface area contributed by atoms with Crippen LogP contribution in [-0.2, 0) is 6.54 Å². The van der Waals surface area contributed by atoms with Gasteiger partial charge in [0, 0.05) is 22.5 Å². The molecule has 0 atom stereocenters. The van der Waals surface area contributed by atoms with E-state index in [-0.39, 0.29) is 5.91 Å². The molecule has 2 aromatic carbocycles. The molecule has 4 heteroatoms. The second kappa shape index (κ2) is 5.62. The highest BCUT2D eigenvalue weighted by Gasteiger charge is 2.14. The molecule has 0 aliphatic rings. The Hall–Kier alpha value is -2.26. The van der Waals surface area contributed by atoms with Gasteiger partial charge in [-0.2, -0.15) is 0 Å². The first-order valence-electron chi connectivity index (χ1n) is 6.75. The summed E-state index contributed by atoms with van der Waals surface area (Å²) in [6.07, 6.45) is 0. The number of aromatic nitrogens is 1. The van der Waals surface area contributed by atoms with E-state index in [4.69, 9.17) is 11.6 Å². The van der Waals surface area contributed by atoms with Crippen molar-refractivity contribution in [2.45, 2.75) is 13.5 Å². The number of halogens is 1. The SMILES string of the molecule is Cc1c(C(=O)NCc2ccccc2)[nH]c2cc(Cl)ccc12. The molecular formula is C17H15ClN2O. The molecule has 0 aliphatic heterocycles. The van der Waals surface area contributed by atoms with Crippen LogP contribution in [0, 0.1) is 6.92 Å². The molecule has 3 rings (SSSR count). The number of hydrogen-bond donors (Lipinski definition) is 2. The van der Waals surface area contributed by atoms with Crippen LogP contribution in [0.4, 0.5) is 0 Å². The molecule has 3 aromatic rings. The number of amides is 1. The number of nitrogens with one attached hydrogen (secondary N) is 2.